The Hall–Kier alpha value is -2.97. The molecular weight excluding hydrogens is 744 g/mol. The van der Waals surface area contributed by atoms with Gasteiger partial charge in [-0.25, -0.2) is 31.9 Å². The molecule has 0 unspecified atom stereocenters. The van der Waals surface area contributed by atoms with Gasteiger partial charge in [-0.15, -0.1) is 0 Å². The van der Waals surface area contributed by atoms with E-state index >= 15 is 0 Å². The summed E-state index contributed by atoms with van der Waals surface area (Å²) in [6, 6.07) is 9.39. The third-order valence-electron chi connectivity index (χ3n) is 6.88. The third kappa shape index (κ3) is 10.8. The first-order chi connectivity index (χ1) is 22.6. The van der Waals surface area contributed by atoms with Gasteiger partial charge in [0.2, 0.25) is 10.3 Å². The molecule has 14 nitrogen and oxygen atoms in total. The molecular formula is C28H36Cl2N8O6S4. The SMILES string of the molecule is CCN(CC)CCc1nsc(NS(=O)(=O)c2cccc(Cl)c2C)n1.CON(C)C(=O)Cc1nsc(NS(=O)(=O)c2cccc(Cl)c2C)n1. The minimum absolute atomic E-state index is 0.0574. The summed E-state index contributed by atoms with van der Waals surface area (Å²) in [6.45, 7) is 10.3. The van der Waals surface area contributed by atoms with Gasteiger partial charge in [0.05, 0.1) is 23.3 Å². The smallest absolute Gasteiger partial charge is 0.264 e. The van der Waals surface area contributed by atoms with Crippen molar-refractivity contribution in [3.8, 4) is 0 Å². The molecule has 0 bridgehead atoms. The maximum absolute atomic E-state index is 12.5. The van der Waals surface area contributed by atoms with Crippen LogP contribution in [0.3, 0.4) is 0 Å². The van der Waals surface area contributed by atoms with Gasteiger partial charge >= 0.3 is 0 Å². The molecule has 0 radical (unpaired) electrons. The van der Waals surface area contributed by atoms with E-state index in [2.05, 4.69) is 46.9 Å². The van der Waals surface area contributed by atoms with E-state index < -0.39 is 20.0 Å². The summed E-state index contributed by atoms with van der Waals surface area (Å²) in [7, 11) is -4.76. The number of nitrogens with one attached hydrogen (secondary N) is 2. The minimum atomic E-state index is -3.85. The number of sulfonamides is 2. The van der Waals surface area contributed by atoms with Crippen LogP contribution in [0.2, 0.25) is 10.0 Å². The van der Waals surface area contributed by atoms with Crippen molar-refractivity contribution in [3.63, 3.8) is 0 Å². The summed E-state index contributed by atoms with van der Waals surface area (Å²) < 4.78 is 62.9. The average molecular weight is 780 g/mol. The molecule has 2 aromatic heterocycles. The van der Waals surface area contributed by atoms with Crippen LogP contribution in [0.25, 0.3) is 0 Å². The lowest BCUT2D eigenvalue weighted by molar-refractivity contribution is -0.167. The fourth-order valence-electron chi connectivity index (χ4n) is 4.01. The van der Waals surface area contributed by atoms with Gasteiger partial charge < -0.3 is 4.90 Å². The first-order valence-corrected chi connectivity index (χ1v) is 19.6. The summed E-state index contributed by atoms with van der Waals surface area (Å²) >= 11 is 13.9. The van der Waals surface area contributed by atoms with Crippen LogP contribution in [0.15, 0.2) is 46.2 Å². The van der Waals surface area contributed by atoms with Crippen LogP contribution >= 0.6 is 46.3 Å². The van der Waals surface area contributed by atoms with Crippen LogP contribution in [-0.4, -0.2) is 85.2 Å². The first kappa shape index (κ1) is 39.5. The Kier molecular flexibility index (Phi) is 14.5. The van der Waals surface area contributed by atoms with Crippen molar-refractivity contribution in [1.82, 2.24) is 28.7 Å². The largest absolute Gasteiger partial charge is 0.303 e. The van der Waals surface area contributed by atoms with E-state index in [0.717, 1.165) is 47.8 Å². The molecule has 2 aromatic carbocycles. The van der Waals surface area contributed by atoms with E-state index in [9.17, 15) is 21.6 Å². The average Bonchev–Trinajstić information content (AvgIpc) is 3.68. The Bertz CT molecular complexity index is 1920. The van der Waals surface area contributed by atoms with E-state index in [0.29, 0.717) is 33.4 Å². The highest BCUT2D eigenvalue weighted by Crippen LogP contribution is 2.26. The zero-order chi connectivity index (χ0) is 35.6. The maximum Gasteiger partial charge on any atom is 0.264 e. The van der Waals surface area contributed by atoms with Gasteiger partial charge in [-0.05, 0) is 62.3 Å². The number of anilines is 2. The topological polar surface area (TPSA) is 177 Å². The Balaban J connectivity index is 0.000000260. The molecule has 20 heteroatoms. The summed E-state index contributed by atoms with van der Waals surface area (Å²) in [5.74, 6) is 0.497. The number of hydrogen-bond donors (Lipinski definition) is 2. The van der Waals surface area contributed by atoms with Gasteiger partial charge in [0.15, 0.2) is 5.82 Å². The highest BCUT2D eigenvalue weighted by molar-refractivity contribution is 7.93. The predicted octanol–water partition coefficient (Wildman–Crippen LogP) is 5.05. The number of hydrogen-bond acceptors (Lipinski definition) is 13. The van der Waals surface area contributed by atoms with Crippen molar-refractivity contribution in [1.29, 1.82) is 0 Å². The van der Waals surface area contributed by atoms with E-state index in [1.54, 1.807) is 38.1 Å². The van der Waals surface area contributed by atoms with Crippen molar-refractivity contribution in [2.75, 3.05) is 43.2 Å². The highest BCUT2D eigenvalue weighted by atomic mass is 35.5. The number of rotatable bonds is 14. The molecule has 1 amide bonds. The van der Waals surface area contributed by atoms with Gasteiger partial charge in [-0.3, -0.25) is 19.1 Å². The fourth-order valence-corrected chi connectivity index (χ4v) is 8.65. The van der Waals surface area contributed by atoms with Gasteiger partial charge in [-0.2, -0.15) is 8.75 Å². The number of aromatic nitrogens is 4. The second-order valence-electron chi connectivity index (χ2n) is 10.00. The zero-order valence-electron chi connectivity index (χ0n) is 27.0. The van der Waals surface area contributed by atoms with Crippen LogP contribution < -0.4 is 9.44 Å². The number of nitrogens with zero attached hydrogens (tertiary/aromatic N) is 6. The fraction of sp³-hybridized carbons (Fsp3) is 0.393. The molecule has 0 aliphatic rings. The Morgan fingerprint density at radius 2 is 1.29 bits per heavy atom. The number of benzene rings is 2. The molecule has 262 valence electrons. The Morgan fingerprint density at radius 3 is 1.75 bits per heavy atom. The lowest BCUT2D eigenvalue weighted by Crippen LogP contribution is -2.27. The van der Waals surface area contributed by atoms with Crippen LogP contribution in [0.5, 0.6) is 0 Å². The summed E-state index contributed by atoms with van der Waals surface area (Å²) in [5, 5.41) is 2.14. The van der Waals surface area contributed by atoms with E-state index in [1.807, 2.05) is 0 Å². The molecule has 0 saturated carbocycles. The molecule has 4 aromatic rings. The second-order valence-corrected chi connectivity index (χ2v) is 15.6. The van der Waals surface area contributed by atoms with E-state index in [4.69, 9.17) is 28.0 Å². The zero-order valence-corrected chi connectivity index (χ0v) is 31.8. The molecule has 0 spiro atoms. The molecule has 0 aliphatic carbocycles. The first-order valence-electron chi connectivity index (χ1n) is 14.4. The van der Waals surface area contributed by atoms with Crippen LogP contribution in [-0.2, 0) is 42.5 Å². The van der Waals surface area contributed by atoms with Gasteiger partial charge in [0, 0.05) is 53.1 Å². The van der Waals surface area contributed by atoms with E-state index in [-0.39, 0.29) is 38.2 Å². The number of carbonyl (C=O) groups is 1. The summed E-state index contributed by atoms with van der Waals surface area (Å²) in [4.78, 5) is 27.2. The van der Waals surface area contributed by atoms with Crippen LogP contribution in [0, 0.1) is 13.8 Å². The van der Waals surface area contributed by atoms with Crippen molar-refractivity contribution >= 4 is 82.5 Å². The molecule has 0 aliphatic heterocycles. The molecule has 0 saturated heterocycles. The van der Waals surface area contributed by atoms with Crippen LogP contribution in [0.4, 0.5) is 10.3 Å². The number of halogens is 2. The molecule has 48 heavy (non-hydrogen) atoms. The van der Waals surface area contributed by atoms with Crippen molar-refractivity contribution in [2.45, 2.75) is 50.3 Å². The molecule has 0 fully saturated rings. The lowest BCUT2D eigenvalue weighted by Gasteiger charge is -2.16. The molecule has 2 N–H and O–H groups in total. The van der Waals surface area contributed by atoms with Gasteiger partial charge in [0.1, 0.15) is 5.82 Å². The van der Waals surface area contributed by atoms with Gasteiger partial charge in [0.25, 0.3) is 26.0 Å². The third-order valence-corrected chi connectivity index (χ3v) is 12.3. The molecule has 0 atom stereocenters. The number of likely N-dealkylation sites (N-methyl/N-ethyl adjacent to an activating group) is 2. The highest BCUT2D eigenvalue weighted by Gasteiger charge is 2.22. The minimum Gasteiger partial charge on any atom is -0.303 e. The second kappa shape index (κ2) is 17.6. The standard InChI is InChI=1S/C15H21ClN4O2S2.C13H15ClN4O4S2/c1-4-20(5-2)10-9-14-17-15(23-18-14)19-24(21,22)13-8-6-7-12(16)11(13)3;1-8-9(14)5-4-6-10(8)24(20,21)17-13-15-11(16-23-13)7-12(19)18(2)22-3/h6-8H,4-5,9-10H2,1-3H3,(H,17,18,19);4-6H,7H2,1-3H3,(H,15,16,17). The molecule has 2 heterocycles. The normalized spacial score (nSPS) is 11.6. The summed E-state index contributed by atoms with van der Waals surface area (Å²) in [6.07, 6.45) is 0.592. The van der Waals surface area contributed by atoms with Gasteiger partial charge in [-0.1, -0.05) is 49.2 Å². The summed E-state index contributed by atoms with van der Waals surface area (Å²) in [5.41, 5.74) is 0.950. The van der Waals surface area contributed by atoms with E-state index in [1.165, 1.54) is 26.3 Å². The number of amides is 1. The lowest BCUT2D eigenvalue weighted by atomic mass is 10.2. The monoisotopic (exact) mass is 778 g/mol. The maximum atomic E-state index is 12.5. The van der Waals surface area contributed by atoms with Crippen molar-refractivity contribution in [2.24, 2.45) is 0 Å². The number of hydroxylamine groups is 2. The number of carbonyl (C=O) groups excluding carboxylic acids is 1. The Labute approximate surface area is 298 Å². The van der Waals surface area contributed by atoms with Crippen molar-refractivity contribution < 1.29 is 26.5 Å². The van der Waals surface area contributed by atoms with Crippen LogP contribution in [0.1, 0.15) is 36.6 Å². The van der Waals surface area contributed by atoms with Crippen molar-refractivity contribution in [3.05, 3.63) is 69.2 Å². The quantitative estimate of drug-likeness (QED) is 0.164. The predicted molar refractivity (Wildman–Crippen MR) is 189 cm³/mol. The Morgan fingerprint density at radius 1 is 0.833 bits per heavy atom. The molecule has 4 rings (SSSR count).